The lowest BCUT2D eigenvalue weighted by molar-refractivity contribution is 0.515. The third-order valence-electron chi connectivity index (χ3n) is 3.46. The van der Waals surface area contributed by atoms with Crippen LogP contribution in [0, 0.1) is 12.8 Å². The van der Waals surface area contributed by atoms with Gasteiger partial charge in [-0.15, -0.1) is 11.3 Å². The molecule has 1 heterocycles. The maximum atomic E-state index is 3.62. The number of benzene rings is 1. The van der Waals surface area contributed by atoms with Crippen molar-refractivity contribution in [2.45, 2.75) is 33.1 Å². The molecule has 0 amide bonds. The molecular weight excluding hydrogens is 262 g/mol. The summed E-state index contributed by atoms with van der Waals surface area (Å²) >= 11 is 1.92. The molecule has 2 aromatic rings. The topological polar surface area (TPSA) is 12.0 Å². The second kappa shape index (κ2) is 7.61. The van der Waals surface area contributed by atoms with Gasteiger partial charge in [-0.2, -0.15) is 0 Å². The normalized spacial score (nSPS) is 12.8. The maximum absolute atomic E-state index is 3.62. The highest BCUT2D eigenvalue weighted by atomic mass is 32.1. The molecule has 0 radical (unpaired) electrons. The van der Waals surface area contributed by atoms with Gasteiger partial charge in [0, 0.05) is 22.2 Å². The van der Waals surface area contributed by atoms with E-state index in [-0.39, 0.29) is 0 Å². The number of nitrogens with one attached hydrogen (secondary N) is 1. The van der Waals surface area contributed by atoms with Crippen molar-refractivity contribution in [2.75, 3.05) is 13.1 Å². The van der Waals surface area contributed by atoms with Gasteiger partial charge in [0.1, 0.15) is 0 Å². The first-order valence-corrected chi connectivity index (χ1v) is 8.27. The first kappa shape index (κ1) is 15.3. The molecule has 1 unspecified atom stereocenters. The monoisotopic (exact) mass is 287 g/mol. The zero-order valence-corrected chi connectivity index (χ0v) is 13.5. The Morgan fingerprint density at radius 1 is 1.00 bits per heavy atom. The van der Waals surface area contributed by atoms with Crippen LogP contribution in [-0.4, -0.2) is 13.1 Å². The summed E-state index contributed by atoms with van der Waals surface area (Å²) < 4.78 is 0. The molecule has 20 heavy (non-hydrogen) atoms. The Bertz CT molecular complexity index is 501. The maximum Gasteiger partial charge on any atom is 0.00546 e. The first-order valence-electron chi connectivity index (χ1n) is 7.46. The van der Waals surface area contributed by atoms with E-state index in [1.165, 1.54) is 15.3 Å². The highest BCUT2D eigenvalue weighted by molar-refractivity contribution is 7.11. The Kier molecular flexibility index (Phi) is 5.81. The third-order valence-corrected chi connectivity index (χ3v) is 4.48. The molecule has 2 rings (SSSR count). The van der Waals surface area contributed by atoms with Crippen LogP contribution in [0.1, 0.15) is 35.1 Å². The minimum absolute atomic E-state index is 0.563. The van der Waals surface area contributed by atoms with Crippen LogP contribution in [0.25, 0.3) is 0 Å². The highest BCUT2D eigenvalue weighted by Crippen LogP contribution is 2.24. The molecular formula is C18H25NS. The zero-order chi connectivity index (χ0) is 14.4. The Morgan fingerprint density at radius 2 is 1.75 bits per heavy atom. The van der Waals surface area contributed by atoms with E-state index in [4.69, 9.17) is 0 Å². The van der Waals surface area contributed by atoms with Crippen LogP contribution in [0.2, 0.25) is 0 Å². The van der Waals surface area contributed by atoms with Crippen molar-refractivity contribution < 1.29 is 0 Å². The molecule has 0 bridgehead atoms. The fraction of sp³-hybridized carbons (Fsp3) is 0.444. The van der Waals surface area contributed by atoms with Crippen molar-refractivity contribution in [2.24, 2.45) is 5.92 Å². The summed E-state index contributed by atoms with van der Waals surface area (Å²) in [6.07, 6.45) is 1.13. The number of hydrogen-bond acceptors (Lipinski definition) is 2. The minimum Gasteiger partial charge on any atom is -0.316 e. The van der Waals surface area contributed by atoms with E-state index in [2.05, 4.69) is 68.6 Å². The van der Waals surface area contributed by atoms with Crippen molar-refractivity contribution in [3.05, 3.63) is 57.8 Å². The Labute approximate surface area is 127 Å². The molecule has 0 aliphatic heterocycles. The molecule has 0 saturated carbocycles. The van der Waals surface area contributed by atoms with Crippen LogP contribution in [0.4, 0.5) is 0 Å². The Hall–Kier alpha value is -1.12. The van der Waals surface area contributed by atoms with Crippen LogP contribution in [-0.2, 0) is 6.42 Å². The SMILES string of the molecule is Cc1ccc(CC(CNCC(C)C)c2ccccc2)s1. The Balaban J connectivity index is 2.03. The fourth-order valence-electron chi connectivity index (χ4n) is 2.42. The second-order valence-corrected chi connectivity index (χ2v) is 7.25. The molecule has 1 N–H and O–H groups in total. The number of hydrogen-bond donors (Lipinski definition) is 1. The van der Waals surface area contributed by atoms with Gasteiger partial charge in [0.2, 0.25) is 0 Å². The van der Waals surface area contributed by atoms with Crippen LogP contribution >= 0.6 is 11.3 Å². The summed E-state index contributed by atoms with van der Waals surface area (Å²) in [6, 6.07) is 15.4. The van der Waals surface area contributed by atoms with Crippen molar-refractivity contribution in [1.82, 2.24) is 5.32 Å². The van der Waals surface area contributed by atoms with Gasteiger partial charge in [-0.1, -0.05) is 44.2 Å². The summed E-state index contributed by atoms with van der Waals surface area (Å²) in [7, 11) is 0. The lowest BCUT2D eigenvalue weighted by atomic mass is 9.95. The summed E-state index contributed by atoms with van der Waals surface area (Å²) in [4.78, 5) is 2.89. The van der Waals surface area contributed by atoms with E-state index in [1.54, 1.807) is 0 Å². The highest BCUT2D eigenvalue weighted by Gasteiger charge is 2.13. The van der Waals surface area contributed by atoms with Gasteiger partial charge >= 0.3 is 0 Å². The Morgan fingerprint density at radius 3 is 2.35 bits per heavy atom. The van der Waals surface area contributed by atoms with E-state index >= 15 is 0 Å². The van der Waals surface area contributed by atoms with E-state index < -0.39 is 0 Å². The van der Waals surface area contributed by atoms with E-state index in [1.807, 2.05) is 11.3 Å². The van der Waals surface area contributed by atoms with Gasteiger partial charge in [-0.3, -0.25) is 0 Å². The zero-order valence-electron chi connectivity index (χ0n) is 12.7. The van der Waals surface area contributed by atoms with Gasteiger partial charge in [-0.25, -0.2) is 0 Å². The average Bonchev–Trinajstić information content (AvgIpc) is 2.84. The van der Waals surface area contributed by atoms with Crippen molar-refractivity contribution in [3.63, 3.8) is 0 Å². The molecule has 0 fully saturated rings. The van der Waals surface area contributed by atoms with Gasteiger partial charge in [0.25, 0.3) is 0 Å². The molecule has 0 saturated heterocycles. The van der Waals surface area contributed by atoms with Gasteiger partial charge in [0.15, 0.2) is 0 Å². The lowest BCUT2D eigenvalue weighted by Crippen LogP contribution is -2.26. The molecule has 0 aliphatic rings. The predicted molar refractivity (Wildman–Crippen MR) is 89.7 cm³/mol. The average molecular weight is 287 g/mol. The van der Waals surface area contributed by atoms with Gasteiger partial charge in [-0.05, 0) is 43.5 Å². The number of thiophene rings is 1. The summed E-state index contributed by atoms with van der Waals surface area (Å²) in [5.74, 6) is 1.27. The molecule has 108 valence electrons. The molecule has 0 aliphatic carbocycles. The third kappa shape index (κ3) is 4.77. The van der Waals surface area contributed by atoms with Crippen LogP contribution in [0.15, 0.2) is 42.5 Å². The van der Waals surface area contributed by atoms with Crippen molar-refractivity contribution >= 4 is 11.3 Å². The lowest BCUT2D eigenvalue weighted by Gasteiger charge is -2.18. The quantitative estimate of drug-likeness (QED) is 0.783. The van der Waals surface area contributed by atoms with Crippen molar-refractivity contribution in [1.29, 1.82) is 0 Å². The second-order valence-electron chi connectivity index (χ2n) is 5.88. The fourth-order valence-corrected chi connectivity index (χ4v) is 3.39. The summed E-state index contributed by atoms with van der Waals surface area (Å²) in [5.41, 5.74) is 1.44. The van der Waals surface area contributed by atoms with E-state index in [0.29, 0.717) is 11.8 Å². The number of aryl methyl sites for hydroxylation is 1. The van der Waals surface area contributed by atoms with Crippen LogP contribution < -0.4 is 5.32 Å². The van der Waals surface area contributed by atoms with Crippen LogP contribution in [0.5, 0.6) is 0 Å². The van der Waals surface area contributed by atoms with Crippen LogP contribution in [0.3, 0.4) is 0 Å². The molecule has 1 aromatic carbocycles. The minimum atomic E-state index is 0.563. The smallest absolute Gasteiger partial charge is 0.00546 e. The summed E-state index contributed by atoms with van der Waals surface area (Å²) in [6.45, 7) is 8.84. The van der Waals surface area contributed by atoms with E-state index in [0.717, 1.165) is 19.5 Å². The molecule has 1 nitrogen and oxygen atoms in total. The predicted octanol–water partition coefficient (Wildman–Crippen LogP) is 4.63. The largest absolute Gasteiger partial charge is 0.316 e. The molecule has 1 atom stereocenters. The molecule has 1 aromatic heterocycles. The molecule has 2 heteroatoms. The van der Waals surface area contributed by atoms with E-state index in [9.17, 15) is 0 Å². The number of rotatable bonds is 7. The molecule has 0 spiro atoms. The van der Waals surface area contributed by atoms with Gasteiger partial charge in [0.05, 0.1) is 0 Å². The standard InChI is InChI=1S/C18H25NS/c1-14(2)12-19-13-17(16-7-5-4-6-8-16)11-18-10-9-15(3)20-18/h4-10,14,17,19H,11-13H2,1-3H3. The first-order chi connectivity index (χ1) is 9.65. The van der Waals surface area contributed by atoms with Crippen molar-refractivity contribution in [3.8, 4) is 0 Å². The summed E-state index contributed by atoms with van der Waals surface area (Å²) in [5, 5.41) is 3.62. The van der Waals surface area contributed by atoms with Gasteiger partial charge < -0.3 is 5.32 Å².